The average molecular weight is 363 g/mol. The Morgan fingerprint density at radius 2 is 1.81 bits per heavy atom. The number of aliphatic imine (C=N–C) groups is 1. The van der Waals surface area contributed by atoms with E-state index >= 15 is 0 Å². The van der Waals surface area contributed by atoms with Crippen LogP contribution in [0.15, 0.2) is 4.99 Å². The van der Waals surface area contributed by atoms with E-state index in [0.717, 1.165) is 57.3 Å². The molecule has 1 amide bonds. The molecule has 1 heterocycles. The van der Waals surface area contributed by atoms with Crippen molar-refractivity contribution < 1.29 is 4.79 Å². The fraction of sp³-hybridized carbons (Fsp3) is 0.905. The Balaban J connectivity index is 1.40. The van der Waals surface area contributed by atoms with E-state index in [9.17, 15) is 4.79 Å². The third-order valence-corrected chi connectivity index (χ3v) is 6.40. The van der Waals surface area contributed by atoms with Gasteiger partial charge in [0.2, 0.25) is 5.91 Å². The first-order valence-corrected chi connectivity index (χ1v) is 11.1. The second kappa shape index (κ2) is 10.2. The van der Waals surface area contributed by atoms with Crippen molar-refractivity contribution in [3.63, 3.8) is 0 Å². The van der Waals surface area contributed by atoms with Crippen molar-refractivity contribution in [2.24, 2.45) is 16.8 Å². The minimum absolute atomic E-state index is 0.297. The summed E-state index contributed by atoms with van der Waals surface area (Å²) in [5.74, 6) is 2.57. The quantitative estimate of drug-likeness (QED) is 0.415. The highest BCUT2D eigenvalue weighted by molar-refractivity contribution is 5.81. The molecule has 0 radical (unpaired) electrons. The first-order chi connectivity index (χ1) is 12.8. The number of carbonyl (C=O) groups is 1. The van der Waals surface area contributed by atoms with Gasteiger partial charge in [-0.3, -0.25) is 9.79 Å². The number of carbonyl (C=O) groups excluding carboxylic acids is 1. The number of rotatable bonds is 7. The Labute approximate surface area is 159 Å². The van der Waals surface area contributed by atoms with Gasteiger partial charge in [-0.2, -0.15) is 0 Å². The Morgan fingerprint density at radius 3 is 2.54 bits per heavy atom. The van der Waals surface area contributed by atoms with Crippen LogP contribution in [0.1, 0.15) is 77.6 Å². The number of hydrogen-bond donors (Lipinski definition) is 2. The number of nitrogens with one attached hydrogen (secondary N) is 2. The predicted molar refractivity (Wildman–Crippen MR) is 107 cm³/mol. The highest BCUT2D eigenvalue weighted by Gasteiger charge is 2.32. The van der Waals surface area contributed by atoms with Gasteiger partial charge in [-0.1, -0.05) is 38.5 Å². The maximum absolute atomic E-state index is 12.6. The summed E-state index contributed by atoms with van der Waals surface area (Å²) in [6.45, 7) is 5.63. The van der Waals surface area contributed by atoms with E-state index in [2.05, 4.69) is 22.5 Å². The van der Waals surface area contributed by atoms with Gasteiger partial charge in [-0.15, -0.1) is 0 Å². The first-order valence-electron chi connectivity index (χ1n) is 11.1. The molecular formula is C21H38N4O. The van der Waals surface area contributed by atoms with Crippen molar-refractivity contribution in [3.8, 4) is 0 Å². The number of guanidine groups is 1. The molecule has 1 atom stereocenters. The van der Waals surface area contributed by atoms with Gasteiger partial charge in [0.25, 0.3) is 0 Å². The molecule has 0 bridgehead atoms. The Morgan fingerprint density at radius 1 is 1.08 bits per heavy atom. The average Bonchev–Trinajstić information content (AvgIpc) is 3.41. The van der Waals surface area contributed by atoms with Gasteiger partial charge in [-0.05, 0) is 44.9 Å². The van der Waals surface area contributed by atoms with Crippen LogP contribution >= 0.6 is 0 Å². The van der Waals surface area contributed by atoms with Gasteiger partial charge in [0.05, 0.1) is 0 Å². The highest BCUT2D eigenvalue weighted by Crippen LogP contribution is 2.29. The second-order valence-electron chi connectivity index (χ2n) is 8.45. The van der Waals surface area contributed by atoms with E-state index in [1.54, 1.807) is 0 Å². The summed E-state index contributed by atoms with van der Waals surface area (Å²) in [5.41, 5.74) is 0. The second-order valence-corrected chi connectivity index (χ2v) is 8.45. The normalized spacial score (nSPS) is 25.2. The van der Waals surface area contributed by atoms with Crippen LogP contribution in [0.5, 0.6) is 0 Å². The van der Waals surface area contributed by atoms with Crippen LogP contribution in [-0.4, -0.2) is 49.0 Å². The lowest BCUT2D eigenvalue weighted by Crippen LogP contribution is -2.45. The summed E-state index contributed by atoms with van der Waals surface area (Å²) in [5, 5.41) is 6.94. The van der Waals surface area contributed by atoms with Gasteiger partial charge < -0.3 is 15.5 Å². The molecule has 0 aromatic heterocycles. The van der Waals surface area contributed by atoms with Crippen molar-refractivity contribution in [2.75, 3.05) is 26.2 Å². The molecule has 2 saturated carbocycles. The monoisotopic (exact) mass is 362 g/mol. The molecular weight excluding hydrogens is 324 g/mol. The number of likely N-dealkylation sites (tertiary alicyclic amines) is 1. The SMILES string of the molecule is CCNC(=NCCCC1CCCC1)NC1CCN(C(=O)C2CCCC2)C1. The molecule has 2 N–H and O–H groups in total. The molecule has 148 valence electrons. The van der Waals surface area contributed by atoms with Crippen molar-refractivity contribution >= 4 is 11.9 Å². The molecule has 26 heavy (non-hydrogen) atoms. The molecule has 3 fully saturated rings. The molecule has 0 aromatic rings. The highest BCUT2D eigenvalue weighted by atomic mass is 16.2. The fourth-order valence-electron chi connectivity index (χ4n) is 4.89. The topological polar surface area (TPSA) is 56.7 Å². The summed E-state index contributed by atoms with van der Waals surface area (Å²) in [7, 11) is 0. The molecule has 3 aliphatic rings. The Hall–Kier alpha value is -1.26. The van der Waals surface area contributed by atoms with Crippen molar-refractivity contribution in [2.45, 2.75) is 83.6 Å². The number of hydrogen-bond acceptors (Lipinski definition) is 2. The predicted octanol–water partition coefficient (Wildman–Crippen LogP) is 3.30. The lowest BCUT2D eigenvalue weighted by atomic mass is 10.0. The van der Waals surface area contributed by atoms with Crippen LogP contribution < -0.4 is 10.6 Å². The van der Waals surface area contributed by atoms with Crippen molar-refractivity contribution in [1.82, 2.24) is 15.5 Å². The van der Waals surface area contributed by atoms with E-state index in [-0.39, 0.29) is 0 Å². The van der Waals surface area contributed by atoms with Gasteiger partial charge in [0.1, 0.15) is 0 Å². The molecule has 0 spiro atoms. The van der Waals surface area contributed by atoms with Crippen LogP contribution in [0, 0.1) is 11.8 Å². The van der Waals surface area contributed by atoms with Gasteiger partial charge in [0, 0.05) is 38.1 Å². The molecule has 1 aliphatic heterocycles. The van der Waals surface area contributed by atoms with Crippen LogP contribution in [-0.2, 0) is 4.79 Å². The van der Waals surface area contributed by atoms with Crippen molar-refractivity contribution in [3.05, 3.63) is 0 Å². The van der Waals surface area contributed by atoms with Crippen LogP contribution in [0.4, 0.5) is 0 Å². The van der Waals surface area contributed by atoms with E-state index in [4.69, 9.17) is 4.99 Å². The van der Waals surface area contributed by atoms with Crippen LogP contribution in [0.3, 0.4) is 0 Å². The summed E-state index contributed by atoms with van der Waals surface area (Å²) in [6, 6.07) is 0.341. The van der Waals surface area contributed by atoms with Crippen LogP contribution in [0.2, 0.25) is 0 Å². The van der Waals surface area contributed by atoms with Gasteiger partial charge in [0.15, 0.2) is 5.96 Å². The van der Waals surface area contributed by atoms with Crippen molar-refractivity contribution in [1.29, 1.82) is 0 Å². The van der Waals surface area contributed by atoms with E-state index < -0.39 is 0 Å². The Kier molecular flexibility index (Phi) is 7.63. The van der Waals surface area contributed by atoms with E-state index in [0.29, 0.717) is 17.9 Å². The standard InChI is InChI=1S/C21H38N4O/c1-2-22-21(23-14-7-10-17-8-3-4-9-17)24-19-13-15-25(16-19)20(26)18-11-5-6-12-18/h17-19H,2-16H2,1H3,(H2,22,23,24). The lowest BCUT2D eigenvalue weighted by Gasteiger charge is -2.21. The minimum Gasteiger partial charge on any atom is -0.357 e. The van der Waals surface area contributed by atoms with Gasteiger partial charge >= 0.3 is 0 Å². The molecule has 5 nitrogen and oxygen atoms in total. The Bertz CT molecular complexity index is 467. The number of nitrogens with zero attached hydrogens (tertiary/aromatic N) is 2. The summed E-state index contributed by atoms with van der Waals surface area (Å²) in [6.07, 6.45) is 13.9. The molecule has 1 unspecified atom stereocenters. The molecule has 2 aliphatic carbocycles. The minimum atomic E-state index is 0.297. The van der Waals surface area contributed by atoms with E-state index in [1.807, 2.05) is 0 Å². The van der Waals surface area contributed by atoms with Gasteiger partial charge in [-0.25, -0.2) is 0 Å². The zero-order chi connectivity index (χ0) is 18.2. The zero-order valence-electron chi connectivity index (χ0n) is 16.6. The third kappa shape index (κ3) is 5.62. The summed E-state index contributed by atoms with van der Waals surface area (Å²) >= 11 is 0. The largest absolute Gasteiger partial charge is 0.357 e. The maximum Gasteiger partial charge on any atom is 0.225 e. The summed E-state index contributed by atoms with van der Waals surface area (Å²) in [4.78, 5) is 19.5. The van der Waals surface area contributed by atoms with Crippen LogP contribution in [0.25, 0.3) is 0 Å². The lowest BCUT2D eigenvalue weighted by molar-refractivity contribution is -0.134. The molecule has 1 saturated heterocycles. The zero-order valence-corrected chi connectivity index (χ0v) is 16.6. The third-order valence-electron chi connectivity index (χ3n) is 6.40. The molecule has 5 heteroatoms. The molecule has 0 aromatic carbocycles. The maximum atomic E-state index is 12.6. The summed E-state index contributed by atoms with van der Waals surface area (Å²) < 4.78 is 0. The molecule has 3 rings (SSSR count). The number of amides is 1. The fourth-order valence-corrected chi connectivity index (χ4v) is 4.89. The smallest absolute Gasteiger partial charge is 0.225 e. The first kappa shape index (κ1) is 19.5. The van der Waals surface area contributed by atoms with E-state index in [1.165, 1.54) is 51.4 Å².